The quantitative estimate of drug-likeness (QED) is 0.326. The molecule has 2 nitrogen and oxygen atoms in total. The molecule has 0 unspecified atom stereocenters. The van der Waals surface area contributed by atoms with Crippen LogP contribution in [0.5, 0.6) is 0 Å². The molecule has 0 saturated carbocycles. The maximum atomic E-state index is 8.12. The van der Waals surface area contributed by atoms with E-state index >= 15 is 0 Å². The standard InChI is InChI=1S/CO2.Ca.2ClH/c2-1-3;;;/h;;2*1H/q;+2;;/p-2. The second-order valence-electron chi connectivity index (χ2n) is 0.0833. The minimum Gasteiger partial charge on any atom is -1.00 e. The maximum Gasteiger partial charge on any atom is 2.00 e. The van der Waals surface area contributed by atoms with Gasteiger partial charge in [-0.2, -0.15) is 9.59 Å². The van der Waals surface area contributed by atoms with Gasteiger partial charge in [0.25, 0.3) is 0 Å². The van der Waals surface area contributed by atoms with Gasteiger partial charge in [-0.05, 0) is 0 Å². The van der Waals surface area contributed by atoms with Crippen LogP contribution in [-0.4, -0.2) is 43.9 Å². The van der Waals surface area contributed by atoms with Crippen LogP contribution in [0.4, 0.5) is 0 Å². The van der Waals surface area contributed by atoms with Gasteiger partial charge < -0.3 is 24.8 Å². The fourth-order valence-corrected chi connectivity index (χ4v) is 0. The topological polar surface area (TPSA) is 34.1 Å². The molecule has 0 bridgehead atoms. The molecule has 0 heterocycles. The Kier molecular flexibility index (Phi) is 154. The van der Waals surface area contributed by atoms with Crippen LogP contribution in [0.2, 0.25) is 0 Å². The Bertz CT molecular complexity index is 32.5. The van der Waals surface area contributed by atoms with Crippen molar-refractivity contribution in [2.45, 2.75) is 0 Å². The molecule has 0 radical (unpaired) electrons. The smallest absolute Gasteiger partial charge is 1.00 e. The summed E-state index contributed by atoms with van der Waals surface area (Å²) >= 11 is 0. The molecule has 0 amide bonds. The van der Waals surface area contributed by atoms with E-state index in [0.29, 0.717) is 0 Å². The molecule has 6 heavy (non-hydrogen) atoms. The minimum atomic E-state index is 0. The summed E-state index contributed by atoms with van der Waals surface area (Å²) in [4.78, 5) is 16.2. The van der Waals surface area contributed by atoms with Crippen LogP contribution in [0.3, 0.4) is 0 Å². The van der Waals surface area contributed by atoms with Crippen LogP contribution in [0, 0.1) is 0 Å². The molecule has 0 fully saturated rings. The number of carbonyl (C=O) groups excluding carboxylic acids is 2. The molecule has 5 heteroatoms. The third-order valence-corrected chi connectivity index (χ3v) is 0. The van der Waals surface area contributed by atoms with Crippen molar-refractivity contribution in [1.29, 1.82) is 0 Å². The fourth-order valence-electron chi connectivity index (χ4n) is 0. The summed E-state index contributed by atoms with van der Waals surface area (Å²) in [5.41, 5.74) is 0. The van der Waals surface area contributed by atoms with Crippen molar-refractivity contribution in [2.75, 3.05) is 0 Å². The molecule has 0 saturated heterocycles. The summed E-state index contributed by atoms with van der Waals surface area (Å²) in [5.74, 6) is 0. The Morgan fingerprint density at radius 1 is 1.00 bits per heavy atom. The van der Waals surface area contributed by atoms with Crippen molar-refractivity contribution < 1.29 is 34.4 Å². The van der Waals surface area contributed by atoms with Crippen LogP contribution in [-0.2, 0) is 9.59 Å². The molecule has 0 N–H and O–H groups in total. The summed E-state index contributed by atoms with van der Waals surface area (Å²) in [6.07, 6.45) is 0.250. The van der Waals surface area contributed by atoms with Crippen LogP contribution >= 0.6 is 0 Å². The molecule has 0 rings (SSSR count). The Labute approximate surface area is 77.5 Å². The van der Waals surface area contributed by atoms with Gasteiger partial charge in [0.15, 0.2) is 0 Å². The van der Waals surface area contributed by atoms with E-state index in [2.05, 4.69) is 0 Å². The second kappa shape index (κ2) is 34.4. The van der Waals surface area contributed by atoms with Gasteiger partial charge in [-0.15, -0.1) is 0 Å². The number of hydrogen-bond donors (Lipinski definition) is 0. The van der Waals surface area contributed by atoms with Crippen molar-refractivity contribution in [3.05, 3.63) is 0 Å². The minimum absolute atomic E-state index is 0. The van der Waals surface area contributed by atoms with E-state index in [-0.39, 0.29) is 68.7 Å². The average molecular weight is 155 g/mol. The molecular formula is CCaCl2O2. The summed E-state index contributed by atoms with van der Waals surface area (Å²) in [7, 11) is 0. The van der Waals surface area contributed by atoms with Crippen molar-refractivity contribution in [3.63, 3.8) is 0 Å². The molecule has 0 aliphatic rings. The Balaban J connectivity index is -0.00000000667. The van der Waals surface area contributed by atoms with Crippen LogP contribution < -0.4 is 24.8 Å². The van der Waals surface area contributed by atoms with Crippen molar-refractivity contribution in [2.24, 2.45) is 0 Å². The van der Waals surface area contributed by atoms with E-state index in [0.717, 1.165) is 0 Å². The Morgan fingerprint density at radius 2 is 1.00 bits per heavy atom. The van der Waals surface area contributed by atoms with E-state index in [1.54, 1.807) is 0 Å². The van der Waals surface area contributed by atoms with E-state index in [1.807, 2.05) is 0 Å². The van der Waals surface area contributed by atoms with Crippen molar-refractivity contribution in [1.82, 2.24) is 0 Å². The second-order valence-corrected chi connectivity index (χ2v) is 0.0833. The van der Waals surface area contributed by atoms with Gasteiger partial charge in [-0.3, -0.25) is 0 Å². The monoisotopic (exact) mass is 154 g/mol. The zero-order valence-electron chi connectivity index (χ0n) is 2.78. The first-order valence-electron chi connectivity index (χ1n) is 0.408. The van der Waals surface area contributed by atoms with Crippen LogP contribution in [0.25, 0.3) is 0 Å². The van der Waals surface area contributed by atoms with E-state index in [1.165, 1.54) is 0 Å². The van der Waals surface area contributed by atoms with E-state index in [4.69, 9.17) is 9.59 Å². The van der Waals surface area contributed by atoms with E-state index < -0.39 is 0 Å². The van der Waals surface area contributed by atoms with Gasteiger partial charge in [-0.25, -0.2) is 0 Å². The summed E-state index contributed by atoms with van der Waals surface area (Å²) < 4.78 is 0. The zero-order chi connectivity index (χ0) is 2.71. The first kappa shape index (κ1) is 26.9. The van der Waals surface area contributed by atoms with Gasteiger partial charge in [0.2, 0.25) is 0 Å². The van der Waals surface area contributed by atoms with Gasteiger partial charge in [0.05, 0.1) is 0 Å². The molecule has 0 aliphatic carbocycles. The molecule has 32 valence electrons. The first-order valence-corrected chi connectivity index (χ1v) is 0.408. The molecule has 0 aliphatic heterocycles. The average Bonchev–Trinajstić information content (AvgIpc) is 0.918. The predicted octanol–water partition coefficient (Wildman–Crippen LogP) is -6.96. The normalized spacial score (nSPS) is 1.33. The molecule has 0 atom stereocenters. The summed E-state index contributed by atoms with van der Waals surface area (Å²) in [6.45, 7) is 0. The molecule has 0 aromatic heterocycles. The third-order valence-electron chi connectivity index (χ3n) is 0. The largest absolute Gasteiger partial charge is 2.00 e. The van der Waals surface area contributed by atoms with Gasteiger partial charge >= 0.3 is 43.9 Å². The molecule has 0 aromatic carbocycles. The Hall–Kier alpha value is 1.22. The number of halogens is 2. The van der Waals surface area contributed by atoms with Crippen LogP contribution in [0.15, 0.2) is 0 Å². The van der Waals surface area contributed by atoms with Crippen molar-refractivity contribution in [3.8, 4) is 0 Å². The SMILES string of the molecule is O=C=O.[Ca+2].[Cl-].[Cl-]. The maximum absolute atomic E-state index is 8.12. The Morgan fingerprint density at radius 3 is 1.00 bits per heavy atom. The molecule has 0 aromatic rings. The van der Waals surface area contributed by atoms with Gasteiger partial charge in [-0.1, -0.05) is 0 Å². The van der Waals surface area contributed by atoms with E-state index in [9.17, 15) is 0 Å². The molecule has 0 spiro atoms. The summed E-state index contributed by atoms with van der Waals surface area (Å²) in [5, 5.41) is 0. The number of hydrogen-bond acceptors (Lipinski definition) is 2. The first-order chi connectivity index (χ1) is 1.41. The fraction of sp³-hybridized carbons (Fsp3) is 0. The zero-order valence-corrected chi connectivity index (χ0v) is 6.50. The predicted molar refractivity (Wildman–Crippen MR) is 10.8 cm³/mol. The third kappa shape index (κ3) is 62.5. The summed E-state index contributed by atoms with van der Waals surface area (Å²) in [6, 6.07) is 0. The van der Waals surface area contributed by atoms with Gasteiger partial charge in [0, 0.05) is 0 Å². The number of rotatable bonds is 0. The van der Waals surface area contributed by atoms with Crippen LogP contribution in [0.1, 0.15) is 0 Å². The van der Waals surface area contributed by atoms with Gasteiger partial charge in [0.1, 0.15) is 0 Å². The van der Waals surface area contributed by atoms with Crippen molar-refractivity contribution >= 4 is 43.9 Å². The molecular weight excluding hydrogens is 155 g/mol.